The molecule has 1 saturated heterocycles. The van der Waals surface area contributed by atoms with Gasteiger partial charge in [-0.25, -0.2) is 0 Å². The summed E-state index contributed by atoms with van der Waals surface area (Å²) in [6.45, 7) is 3.68. The van der Waals surface area contributed by atoms with Crippen LogP contribution in [0.4, 0.5) is 5.69 Å². The number of pyridine rings is 1. The standard InChI is InChI=1S/C19H18ClN3O/c1-12-16(3-2-4-17(12)20)19(10-21-11-19)23-14-6-5-13-7-8-22-18(24)15(13)9-14/h2-9,21,23H,10-11H2,1H3,(H,22,24). The smallest absolute Gasteiger partial charge is 0.255 e. The van der Waals surface area contributed by atoms with Crippen molar-refractivity contribution in [2.45, 2.75) is 12.5 Å². The highest BCUT2D eigenvalue weighted by Gasteiger charge is 2.40. The second-order valence-electron chi connectivity index (χ2n) is 6.33. The van der Waals surface area contributed by atoms with Crippen LogP contribution in [0.15, 0.2) is 53.5 Å². The molecule has 0 amide bonds. The summed E-state index contributed by atoms with van der Waals surface area (Å²) in [5.41, 5.74) is 2.93. The summed E-state index contributed by atoms with van der Waals surface area (Å²) in [7, 11) is 0. The second-order valence-corrected chi connectivity index (χ2v) is 6.74. The SMILES string of the molecule is Cc1c(Cl)cccc1C1(Nc2ccc3cc[nH]c(=O)c3c2)CNC1. The monoisotopic (exact) mass is 339 g/mol. The first-order chi connectivity index (χ1) is 11.6. The number of hydrogen-bond acceptors (Lipinski definition) is 3. The molecular formula is C19H18ClN3O. The Kier molecular flexibility index (Phi) is 3.59. The summed E-state index contributed by atoms with van der Waals surface area (Å²) in [4.78, 5) is 14.8. The number of nitrogens with one attached hydrogen (secondary N) is 3. The molecule has 4 nitrogen and oxygen atoms in total. The Hall–Kier alpha value is -2.30. The van der Waals surface area contributed by atoms with Gasteiger partial charge in [-0.3, -0.25) is 4.79 Å². The third-order valence-electron chi connectivity index (χ3n) is 4.80. The highest BCUT2D eigenvalue weighted by molar-refractivity contribution is 6.31. The van der Waals surface area contributed by atoms with E-state index in [1.165, 1.54) is 5.56 Å². The summed E-state index contributed by atoms with van der Waals surface area (Å²) < 4.78 is 0. The minimum absolute atomic E-state index is 0.0733. The Balaban J connectivity index is 1.76. The lowest BCUT2D eigenvalue weighted by atomic mass is 9.81. The summed E-state index contributed by atoms with van der Waals surface area (Å²) in [6, 6.07) is 13.8. The summed E-state index contributed by atoms with van der Waals surface area (Å²) >= 11 is 6.31. The van der Waals surface area contributed by atoms with Gasteiger partial charge in [0, 0.05) is 35.4 Å². The van der Waals surface area contributed by atoms with Crippen molar-refractivity contribution >= 4 is 28.1 Å². The van der Waals surface area contributed by atoms with Crippen LogP contribution in [0.2, 0.25) is 5.02 Å². The van der Waals surface area contributed by atoms with E-state index in [1.807, 2.05) is 43.3 Å². The zero-order valence-corrected chi connectivity index (χ0v) is 14.1. The lowest BCUT2D eigenvalue weighted by molar-refractivity contribution is 0.316. The molecular weight excluding hydrogens is 322 g/mol. The summed E-state index contributed by atoms with van der Waals surface area (Å²) in [5.74, 6) is 0. The highest BCUT2D eigenvalue weighted by Crippen LogP contribution is 2.35. The van der Waals surface area contributed by atoms with Crippen LogP contribution in [-0.2, 0) is 5.54 Å². The van der Waals surface area contributed by atoms with Crippen LogP contribution < -0.4 is 16.2 Å². The van der Waals surface area contributed by atoms with Gasteiger partial charge >= 0.3 is 0 Å². The molecule has 5 heteroatoms. The number of halogens is 1. The quantitative estimate of drug-likeness (QED) is 0.685. The Bertz CT molecular complexity index is 976. The van der Waals surface area contributed by atoms with Gasteiger partial charge in [-0.1, -0.05) is 29.8 Å². The molecule has 4 rings (SSSR count). The number of hydrogen-bond donors (Lipinski definition) is 3. The van der Waals surface area contributed by atoms with E-state index in [0.717, 1.165) is 34.7 Å². The molecule has 1 fully saturated rings. The van der Waals surface area contributed by atoms with E-state index < -0.39 is 0 Å². The molecule has 0 radical (unpaired) electrons. The number of rotatable bonds is 3. The normalized spacial score (nSPS) is 15.9. The number of benzene rings is 2. The summed E-state index contributed by atoms with van der Waals surface area (Å²) in [6.07, 6.45) is 1.67. The Labute approximate surface area is 144 Å². The maximum absolute atomic E-state index is 12.0. The molecule has 1 aliphatic rings. The van der Waals surface area contributed by atoms with Gasteiger partial charge < -0.3 is 15.6 Å². The third kappa shape index (κ3) is 2.39. The largest absolute Gasteiger partial charge is 0.373 e. The van der Waals surface area contributed by atoms with Gasteiger partial charge in [0.1, 0.15) is 0 Å². The average Bonchev–Trinajstić information content (AvgIpc) is 2.55. The van der Waals surface area contributed by atoms with Crippen LogP contribution in [0.1, 0.15) is 11.1 Å². The number of aromatic nitrogens is 1. The molecule has 0 aliphatic carbocycles. The Morgan fingerprint density at radius 1 is 1.17 bits per heavy atom. The lowest BCUT2D eigenvalue weighted by Crippen LogP contribution is -2.61. The van der Waals surface area contributed by atoms with E-state index in [0.29, 0.717) is 5.39 Å². The average molecular weight is 340 g/mol. The Morgan fingerprint density at radius 3 is 2.75 bits per heavy atom. The molecule has 122 valence electrons. The third-order valence-corrected chi connectivity index (χ3v) is 5.21. The van der Waals surface area contributed by atoms with Crippen LogP contribution in [0.25, 0.3) is 10.8 Å². The van der Waals surface area contributed by atoms with Crippen LogP contribution >= 0.6 is 11.6 Å². The molecule has 0 spiro atoms. The highest BCUT2D eigenvalue weighted by atomic mass is 35.5. The van der Waals surface area contributed by atoms with Gasteiger partial charge in [-0.05, 0) is 47.7 Å². The molecule has 24 heavy (non-hydrogen) atoms. The zero-order valence-electron chi connectivity index (χ0n) is 13.3. The van der Waals surface area contributed by atoms with Gasteiger partial charge in [-0.2, -0.15) is 0 Å². The van der Waals surface area contributed by atoms with Crippen molar-refractivity contribution in [3.05, 3.63) is 75.2 Å². The first kappa shape index (κ1) is 15.2. The molecule has 3 N–H and O–H groups in total. The first-order valence-corrected chi connectivity index (χ1v) is 8.33. The van der Waals surface area contributed by atoms with Crippen molar-refractivity contribution in [2.24, 2.45) is 0 Å². The molecule has 1 aromatic heterocycles. The second kappa shape index (κ2) is 5.65. The fraction of sp³-hybridized carbons (Fsp3) is 0.211. The van der Waals surface area contributed by atoms with E-state index in [2.05, 4.69) is 21.7 Å². The minimum Gasteiger partial charge on any atom is -0.373 e. The minimum atomic E-state index is -0.204. The van der Waals surface area contributed by atoms with Crippen molar-refractivity contribution in [2.75, 3.05) is 18.4 Å². The molecule has 1 aliphatic heterocycles. The van der Waals surface area contributed by atoms with Gasteiger partial charge in [0.2, 0.25) is 0 Å². The molecule has 3 aromatic rings. The van der Waals surface area contributed by atoms with Gasteiger partial charge in [-0.15, -0.1) is 0 Å². The van der Waals surface area contributed by atoms with E-state index >= 15 is 0 Å². The summed E-state index contributed by atoms with van der Waals surface area (Å²) in [5, 5.41) is 9.36. The maximum Gasteiger partial charge on any atom is 0.255 e. The fourth-order valence-corrected chi connectivity index (χ4v) is 3.56. The molecule has 0 atom stereocenters. The molecule has 0 unspecified atom stereocenters. The van der Waals surface area contributed by atoms with Crippen molar-refractivity contribution in [3.8, 4) is 0 Å². The molecule has 0 bridgehead atoms. The van der Waals surface area contributed by atoms with Gasteiger partial charge in [0.25, 0.3) is 5.56 Å². The molecule has 2 aromatic carbocycles. The number of fused-ring (bicyclic) bond motifs is 1. The lowest BCUT2D eigenvalue weighted by Gasteiger charge is -2.45. The zero-order chi connectivity index (χ0) is 16.7. The Morgan fingerprint density at radius 2 is 2.00 bits per heavy atom. The van der Waals surface area contributed by atoms with Crippen molar-refractivity contribution < 1.29 is 0 Å². The van der Waals surface area contributed by atoms with Gasteiger partial charge in [0.05, 0.1) is 5.54 Å². The fourth-order valence-electron chi connectivity index (χ4n) is 3.38. The van der Waals surface area contributed by atoms with Crippen molar-refractivity contribution in [1.29, 1.82) is 0 Å². The predicted molar refractivity (Wildman–Crippen MR) is 98.9 cm³/mol. The number of H-pyrrole nitrogens is 1. The van der Waals surface area contributed by atoms with E-state index in [9.17, 15) is 4.79 Å². The van der Waals surface area contributed by atoms with E-state index in [1.54, 1.807) is 6.20 Å². The van der Waals surface area contributed by atoms with Crippen LogP contribution in [-0.4, -0.2) is 18.1 Å². The number of aromatic amines is 1. The van der Waals surface area contributed by atoms with Gasteiger partial charge in [0.15, 0.2) is 0 Å². The molecule has 2 heterocycles. The van der Waals surface area contributed by atoms with Crippen LogP contribution in [0.5, 0.6) is 0 Å². The topological polar surface area (TPSA) is 56.9 Å². The maximum atomic E-state index is 12.0. The van der Waals surface area contributed by atoms with Crippen LogP contribution in [0, 0.1) is 6.92 Å². The first-order valence-electron chi connectivity index (χ1n) is 7.95. The number of anilines is 1. The van der Waals surface area contributed by atoms with E-state index in [-0.39, 0.29) is 11.1 Å². The van der Waals surface area contributed by atoms with E-state index in [4.69, 9.17) is 11.6 Å². The van der Waals surface area contributed by atoms with Crippen molar-refractivity contribution in [1.82, 2.24) is 10.3 Å². The van der Waals surface area contributed by atoms with Crippen LogP contribution in [0.3, 0.4) is 0 Å². The molecule has 0 saturated carbocycles. The van der Waals surface area contributed by atoms with Crippen molar-refractivity contribution in [3.63, 3.8) is 0 Å². The predicted octanol–water partition coefficient (Wildman–Crippen LogP) is 3.40.